The Morgan fingerprint density at radius 3 is 2.64 bits per heavy atom. The van der Waals surface area contributed by atoms with E-state index in [4.69, 9.17) is 10.5 Å². The number of aryl methyl sites for hydroxylation is 1. The molecule has 0 bridgehead atoms. The minimum absolute atomic E-state index is 0.0919. The number of nitrogens with two attached hydrogens (primary N) is 1. The summed E-state index contributed by atoms with van der Waals surface area (Å²) in [6, 6.07) is 8.58. The van der Waals surface area contributed by atoms with Crippen LogP contribution in [-0.2, 0) is 15.3 Å². The molecule has 22 heavy (non-hydrogen) atoms. The first-order chi connectivity index (χ1) is 10.7. The molecule has 1 saturated heterocycles. The molecule has 1 fully saturated rings. The summed E-state index contributed by atoms with van der Waals surface area (Å²) in [4.78, 5) is 12.4. The topological polar surface area (TPSA) is 64.4 Å². The molecule has 1 amide bonds. The molecule has 1 aromatic carbocycles. The van der Waals surface area contributed by atoms with E-state index in [-0.39, 0.29) is 5.91 Å². The normalized spacial score (nSPS) is 17.2. The van der Waals surface area contributed by atoms with Crippen molar-refractivity contribution >= 4 is 17.7 Å². The maximum atomic E-state index is 12.4. The lowest BCUT2D eigenvalue weighted by Gasteiger charge is -2.34. The van der Waals surface area contributed by atoms with Crippen LogP contribution >= 0.6 is 11.8 Å². The number of hydrogen-bond acceptors (Lipinski definition) is 4. The lowest BCUT2D eigenvalue weighted by molar-refractivity contribution is -0.135. The van der Waals surface area contributed by atoms with E-state index >= 15 is 0 Å². The van der Waals surface area contributed by atoms with Crippen molar-refractivity contribution in [2.45, 2.75) is 25.5 Å². The van der Waals surface area contributed by atoms with Crippen LogP contribution in [0.25, 0.3) is 0 Å². The number of thioether (sulfide) groups is 1. The summed E-state index contributed by atoms with van der Waals surface area (Å²) in [5, 5.41) is 3.04. The lowest BCUT2D eigenvalue weighted by atomic mass is 9.79. The minimum Gasteiger partial charge on any atom is -0.381 e. The van der Waals surface area contributed by atoms with Crippen molar-refractivity contribution < 1.29 is 9.53 Å². The van der Waals surface area contributed by atoms with Crippen LogP contribution in [0, 0.1) is 12.3 Å². The predicted molar refractivity (Wildman–Crippen MR) is 91.9 cm³/mol. The fourth-order valence-corrected chi connectivity index (χ4v) is 3.40. The molecule has 0 atom stereocenters. The van der Waals surface area contributed by atoms with Gasteiger partial charge in [-0.25, -0.2) is 0 Å². The quantitative estimate of drug-likeness (QED) is 0.755. The number of benzene rings is 1. The molecule has 1 aromatic rings. The first kappa shape index (κ1) is 17.3. The van der Waals surface area contributed by atoms with Gasteiger partial charge in [-0.2, -0.15) is 11.8 Å². The summed E-state index contributed by atoms with van der Waals surface area (Å²) >= 11 is 1.84. The number of hydrogen-bond donors (Lipinski definition) is 2. The van der Waals surface area contributed by atoms with Crippen LogP contribution in [0.15, 0.2) is 24.3 Å². The van der Waals surface area contributed by atoms with E-state index in [9.17, 15) is 4.79 Å². The summed E-state index contributed by atoms with van der Waals surface area (Å²) in [6.45, 7) is 4.45. The molecule has 0 spiro atoms. The van der Waals surface area contributed by atoms with E-state index in [1.165, 1.54) is 11.1 Å². The highest BCUT2D eigenvalue weighted by Gasteiger charge is 2.38. The third kappa shape index (κ3) is 4.73. The van der Waals surface area contributed by atoms with Crippen molar-refractivity contribution in [1.82, 2.24) is 5.32 Å². The smallest absolute Gasteiger partial charge is 0.227 e. The molecular formula is C17H26N2O2S. The van der Waals surface area contributed by atoms with Gasteiger partial charge in [0.05, 0.1) is 5.41 Å². The van der Waals surface area contributed by atoms with Gasteiger partial charge in [-0.1, -0.05) is 29.8 Å². The number of ether oxygens (including phenoxy) is 1. The average molecular weight is 322 g/mol. The molecule has 1 aliphatic rings. The zero-order valence-corrected chi connectivity index (χ0v) is 14.1. The van der Waals surface area contributed by atoms with Crippen molar-refractivity contribution in [1.29, 1.82) is 0 Å². The standard InChI is InChI=1S/C17H26N2O2S/c1-14-2-4-15(5-3-14)12-22-11-8-19-16(20)17(13-18)6-9-21-10-7-17/h2-5H,6-13,18H2,1H3,(H,19,20). The molecule has 122 valence electrons. The number of rotatable bonds is 7. The van der Waals surface area contributed by atoms with Gasteiger partial charge >= 0.3 is 0 Å². The Balaban J connectivity index is 1.67. The summed E-state index contributed by atoms with van der Waals surface area (Å²) in [5.41, 5.74) is 8.03. The van der Waals surface area contributed by atoms with Crippen molar-refractivity contribution in [3.63, 3.8) is 0 Å². The Morgan fingerprint density at radius 1 is 1.32 bits per heavy atom. The van der Waals surface area contributed by atoms with Gasteiger partial charge in [0.2, 0.25) is 5.91 Å². The molecule has 0 aliphatic carbocycles. The van der Waals surface area contributed by atoms with Crippen LogP contribution in [0.1, 0.15) is 24.0 Å². The largest absolute Gasteiger partial charge is 0.381 e. The second kappa shape index (κ2) is 8.56. The van der Waals surface area contributed by atoms with Crippen molar-refractivity contribution in [3.8, 4) is 0 Å². The Kier molecular flexibility index (Phi) is 6.73. The Hall–Kier alpha value is -1.04. The molecule has 0 saturated carbocycles. The second-order valence-electron chi connectivity index (χ2n) is 5.89. The second-order valence-corrected chi connectivity index (χ2v) is 7.00. The SMILES string of the molecule is Cc1ccc(CSCCNC(=O)C2(CN)CCOCC2)cc1. The number of nitrogens with one attached hydrogen (secondary N) is 1. The van der Waals surface area contributed by atoms with Crippen molar-refractivity contribution in [2.75, 3.05) is 32.1 Å². The molecular weight excluding hydrogens is 296 g/mol. The van der Waals surface area contributed by atoms with Crippen LogP contribution in [0.3, 0.4) is 0 Å². The van der Waals surface area contributed by atoms with Gasteiger partial charge in [-0.15, -0.1) is 0 Å². The first-order valence-corrected chi connectivity index (χ1v) is 9.01. The lowest BCUT2D eigenvalue weighted by Crippen LogP contribution is -2.49. The molecule has 0 unspecified atom stereocenters. The van der Waals surface area contributed by atoms with Gasteiger partial charge in [0, 0.05) is 37.8 Å². The molecule has 4 nitrogen and oxygen atoms in total. The fraction of sp³-hybridized carbons (Fsp3) is 0.588. The molecule has 0 radical (unpaired) electrons. The Morgan fingerprint density at radius 2 is 2.00 bits per heavy atom. The molecule has 2 rings (SSSR count). The maximum Gasteiger partial charge on any atom is 0.227 e. The summed E-state index contributed by atoms with van der Waals surface area (Å²) < 4.78 is 5.34. The number of amides is 1. The summed E-state index contributed by atoms with van der Waals surface area (Å²) in [5.74, 6) is 1.98. The number of carbonyl (C=O) groups is 1. The van der Waals surface area contributed by atoms with E-state index in [2.05, 4.69) is 36.5 Å². The molecule has 5 heteroatoms. The highest BCUT2D eigenvalue weighted by molar-refractivity contribution is 7.98. The van der Waals surface area contributed by atoms with E-state index in [1.54, 1.807) is 0 Å². The van der Waals surface area contributed by atoms with E-state index in [0.717, 1.165) is 24.3 Å². The molecule has 1 heterocycles. The molecule has 3 N–H and O–H groups in total. The minimum atomic E-state index is -0.417. The van der Waals surface area contributed by atoms with Gasteiger partial charge < -0.3 is 15.8 Å². The van der Waals surface area contributed by atoms with E-state index in [1.807, 2.05) is 11.8 Å². The summed E-state index contributed by atoms with van der Waals surface area (Å²) in [6.07, 6.45) is 1.46. The van der Waals surface area contributed by atoms with Crippen LogP contribution in [0.4, 0.5) is 0 Å². The maximum absolute atomic E-state index is 12.4. The third-order valence-corrected chi connectivity index (χ3v) is 5.27. The van der Waals surface area contributed by atoms with Gasteiger partial charge in [0.15, 0.2) is 0 Å². The highest BCUT2D eigenvalue weighted by atomic mass is 32.2. The van der Waals surface area contributed by atoms with Gasteiger partial charge in [0.1, 0.15) is 0 Å². The van der Waals surface area contributed by atoms with Crippen LogP contribution < -0.4 is 11.1 Å². The predicted octanol–water partition coefficient (Wildman–Crippen LogP) is 2.10. The first-order valence-electron chi connectivity index (χ1n) is 7.86. The van der Waals surface area contributed by atoms with Gasteiger partial charge in [-0.3, -0.25) is 4.79 Å². The third-order valence-electron chi connectivity index (χ3n) is 4.24. The van der Waals surface area contributed by atoms with Gasteiger partial charge in [0.25, 0.3) is 0 Å². The van der Waals surface area contributed by atoms with Crippen LogP contribution in [-0.4, -0.2) is 38.0 Å². The zero-order valence-electron chi connectivity index (χ0n) is 13.3. The van der Waals surface area contributed by atoms with E-state index < -0.39 is 5.41 Å². The highest BCUT2D eigenvalue weighted by Crippen LogP contribution is 2.29. The van der Waals surface area contributed by atoms with Crippen molar-refractivity contribution in [2.24, 2.45) is 11.1 Å². The van der Waals surface area contributed by atoms with Crippen LogP contribution in [0.5, 0.6) is 0 Å². The summed E-state index contributed by atoms with van der Waals surface area (Å²) in [7, 11) is 0. The Labute approximate surface area is 137 Å². The van der Waals surface area contributed by atoms with Crippen LogP contribution in [0.2, 0.25) is 0 Å². The zero-order chi connectivity index (χ0) is 15.8. The average Bonchev–Trinajstić information content (AvgIpc) is 2.56. The van der Waals surface area contributed by atoms with E-state index in [0.29, 0.717) is 26.3 Å². The van der Waals surface area contributed by atoms with Gasteiger partial charge in [-0.05, 0) is 25.3 Å². The molecule has 0 aromatic heterocycles. The monoisotopic (exact) mass is 322 g/mol. The fourth-order valence-electron chi connectivity index (χ4n) is 2.58. The number of carbonyl (C=O) groups excluding carboxylic acids is 1. The molecule has 1 aliphatic heterocycles. The Bertz CT molecular complexity index is 470. The van der Waals surface area contributed by atoms with Crippen molar-refractivity contribution in [3.05, 3.63) is 35.4 Å².